The van der Waals surface area contributed by atoms with Gasteiger partial charge >= 0.3 is 5.97 Å². The second kappa shape index (κ2) is 19.4. The topological polar surface area (TPSA) is 70.0 Å². The molecule has 1 aliphatic rings. The highest BCUT2D eigenvalue weighted by atomic mass is 16.6. The molecule has 2 aromatic rings. The summed E-state index contributed by atoms with van der Waals surface area (Å²) in [5, 5.41) is 3.90. The van der Waals surface area contributed by atoms with Gasteiger partial charge in [-0.1, -0.05) is 88.0 Å². The van der Waals surface area contributed by atoms with E-state index in [0.717, 1.165) is 5.57 Å². The van der Waals surface area contributed by atoms with Gasteiger partial charge in [-0.15, -0.1) is 0 Å². The number of nitrogens with zero attached hydrogens (tertiary/aromatic N) is 2. The maximum Gasteiger partial charge on any atom is 0.360 e. The molecule has 0 saturated carbocycles. The number of hydrogen-bond acceptors (Lipinski definition) is 6. The number of rotatable bonds is 5. The molecule has 0 amide bonds. The molecule has 200 valence electrons. The zero-order chi connectivity index (χ0) is 28.2. The van der Waals surface area contributed by atoms with Crippen LogP contribution in [-0.4, -0.2) is 30.9 Å². The van der Waals surface area contributed by atoms with Crippen molar-refractivity contribution >= 4 is 11.7 Å². The third-order valence-electron chi connectivity index (χ3n) is 4.85. The van der Waals surface area contributed by atoms with Crippen LogP contribution in [0.5, 0.6) is 11.6 Å². The van der Waals surface area contributed by atoms with E-state index in [0.29, 0.717) is 35.7 Å². The van der Waals surface area contributed by atoms with Crippen molar-refractivity contribution in [2.45, 2.75) is 68.2 Å². The molecule has 1 heterocycles. The molecule has 0 aliphatic heterocycles. The molecule has 1 aromatic carbocycles. The number of ether oxygens (including phenoxy) is 2. The Morgan fingerprint density at radius 2 is 1.46 bits per heavy atom. The van der Waals surface area contributed by atoms with Crippen LogP contribution in [0.3, 0.4) is 0 Å². The Hall–Kier alpha value is -3.85. The highest BCUT2D eigenvalue weighted by molar-refractivity contribution is 6.43. The summed E-state index contributed by atoms with van der Waals surface area (Å²) >= 11 is 0. The lowest BCUT2D eigenvalue weighted by molar-refractivity contribution is -0.132. The molecule has 6 heteroatoms. The number of para-hydroxylation sites is 1. The largest absolute Gasteiger partial charge is 0.464 e. The molecule has 1 aliphatic carbocycles. The summed E-state index contributed by atoms with van der Waals surface area (Å²) in [5.74, 6) is 6.87. The Kier molecular flexibility index (Phi) is 17.3. The quantitative estimate of drug-likeness (QED) is 0.135. The first-order valence-corrected chi connectivity index (χ1v) is 12.8. The van der Waals surface area contributed by atoms with E-state index < -0.39 is 5.97 Å². The normalized spacial score (nSPS) is 12.2. The average Bonchev–Trinajstić information content (AvgIpc) is 2.96. The van der Waals surface area contributed by atoms with Crippen molar-refractivity contribution in [3.05, 3.63) is 76.5 Å². The van der Waals surface area contributed by atoms with Gasteiger partial charge in [-0.3, -0.25) is 0 Å². The molecule has 1 aromatic heterocycles. The number of esters is 1. The van der Waals surface area contributed by atoms with E-state index in [4.69, 9.17) is 14.3 Å². The number of carbonyl (C=O) groups is 1. The molecular weight excluding hydrogens is 464 g/mol. The summed E-state index contributed by atoms with van der Waals surface area (Å²) in [6.07, 6.45) is 1.17. The van der Waals surface area contributed by atoms with E-state index in [2.05, 4.69) is 28.9 Å². The van der Waals surface area contributed by atoms with Crippen molar-refractivity contribution in [3.8, 4) is 23.5 Å². The van der Waals surface area contributed by atoms with E-state index in [-0.39, 0.29) is 5.71 Å². The zero-order valence-corrected chi connectivity index (χ0v) is 24.1. The molecule has 0 spiro atoms. The SMILES string of the molecule is CC.CC.CC.CO/N=C(/C(=O)OC)C1=C(C#Cc2cccc(Oc3ccccc3)n2)CC(C)=C(C)C1. The number of carbonyl (C=O) groups excluding carboxylic acids is 1. The van der Waals surface area contributed by atoms with Crippen LogP contribution >= 0.6 is 0 Å². The first-order chi connectivity index (χ1) is 18.0. The highest BCUT2D eigenvalue weighted by Crippen LogP contribution is 2.30. The fraction of sp³-hybridized carbons (Fsp3) is 0.387. The average molecular weight is 507 g/mol. The van der Waals surface area contributed by atoms with Gasteiger partial charge in [-0.05, 0) is 44.4 Å². The van der Waals surface area contributed by atoms with Crippen LogP contribution in [0.2, 0.25) is 0 Å². The molecule has 0 fully saturated rings. The Balaban J connectivity index is 0.00000201. The second-order valence-corrected chi connectivity index (χ2v) is 7.01. The lowest BCUT2D eigenvalue weighted by atomic mass is 9.85. The zero-order valence-electron chi connectivity index (χ0n) is 24.1. The molecule has 0 atom stereocenters. The van der Waals surface area contributed by atoms with Crippen molar-refractivity contribution in [2.24, 2.45) is 5.16 Å². The van der Waals surface area contributed by atoms with Crippen molar-refractivity contribution in [3.63, 3.8) is 0 Å². The van der Waals surface area contributed by atoms with Gasteiger partial charge < -0.3 is 14.3 Å². The summed E-state index contributed by atoms with van der Waals surface area (Å²) < 4.78 is 10.7. The number of aromatic nitrogens is 1. The summed E-state index contributed by atoms with van der Waals surface area (Å²) in [7, 11) is 2.71. The first-order valence-electron chi connectivity index (χ1n) is 12.8. The minimum atomic E-state index is -0.556. The van der Waals surface area contributed by atoms with E-state index >= 15 is 0 Å². The van der Waals surface area contributed by atoms with Gasteiger partial charge in [0, 0.05) is 23.6 Å². The molecule has 3 rings (SSSR count). The van der Waals surface area contributed by atoms with E-state index in [1.807, 2.05) is 90.9 Å². The van der Waals surface area contributed by atoms with Crippen molar-refractivity contribution in [2.75, 3.05) is 14.2 Å². The second-order valence-electron chi connectivity index (χ2n) is 7.01. The van der Waals surface area contributed by atoms with Gasteiger partial charge in [-0.2, -0.15) is 0 Å². The fourth-order valence-electron chi connectivity index (χ4n) is 3.09. The first kappa shape index (κ1) is 33.1. The maximum atomic E-state index is 12.3. The Morgan fingerprint density at radius 1 is 0.838 bits per heavy atom. The number of hydrogen-bond donors (Lipinski definition) is 0. The fourth-order valence-corrected chi connectivity index (χ4v) is 3.09. The van der Waals surface area contributed by atoms with Crippen molar-refractivity contribution in [1.29, 1.82) is 0 Å². The Labute approximate surface area is 223 Å². The van der Waals surface area contributed by atoms with Crippen molar-refractivity contribution in [1.82, 2.24) is 4.98 Å². The lowest BCUT2D eigenvalue weighted by Gasteiger charge is -2.20. The van der Waals surface area contributed by atoms with Crippen LogP contribution in [-0.2, 0) is 14.4 Å². The number of pyridine rings is 1. The predicted octanol–water partition coefficient (Wildman–Crippen LogP) is 7.91. The molecule has 0 bridgehead atoms. The third-order valence-corrected chi connectivity index (χ3v) is 4.85. The number of allylic oxidation sites excluding steroid dienone is 3. The standard InChI is InChI=1S/C25H24N2O4.3C2H6/c1-17-15-19(22(16-18(17)2)24(27-30-4)25(28)29-3)13-14-20-9-8-12-23(26-20)31-21-10-6-5-7-11-21;3*1-2/h5-12H,15-16H2,1-4H3;3*1-2H3/b27-24+;;;. The molecule has 6 nitrogen and oxygen atoms in total. The van der Waals surface area contributed by atoms with E-state index in [9.17, 15) is 4.79 Å². The van der Waals surface area contributed by atoms with Gasteiger partial charge in [-0.25, -0.2) is 9.78 Å². The van der Waals surface area contributed by atoms with Gasteiger partial charge in [0.1, 0.15) is 18.6 Å². The molecule has 0 unspecified atom stereocenters. The molecule has 37 heavy (non-hydrogen) atoms. The monoisotopic (exact) mass is 506 g/mol. The van der Waals surface area contributed by atoms with Gasteiger partial charge in [0.15, 0.2) is 5.71 Å². The third kappa shape index (κ3) is 10.7. The van der Waals surface area contributed by atoms with Crippen LogP contribution in [0.25, 0.3) is 0 Å². The van der Waals surface area contributed by atoms with E-state index in [1.165, 1.54) is 25.4 Å². The number of benzene rings is 1. The van der Waals surface area contributed by atoms with Gasteiger partial charge in [0.05, 0.1) is 7.11 Å². The minimum Gasteiger partial charge on any atom is -0.464 e. The maximum absolute atomic E-state index is 12.3. The summed E-state index contributed by atoms with van der Waals surface area (Å²) in [4.78, 5) is 21.6. The van der Waals surface area contributed by atoms with Crippen LogP contribution in [0.1, 0.15) is 73.9 Å². The molecular formula is C31H42N2O4. The number of methoxy groups -OCH3 is 1. The van der Waals surface area contributed by atoms with Gasteiger partial charge in [0.25, 0.3) is 0 Å². The highest BCUT2D eigenvalue weighted by Gasteiger charge is 2.25. The number of oxime groups is 1. The molecule has 0 saturated heterocycles. The minimum absolute atomic E-state index is 0.135. The Bertz CT molecular complexity index is 1120. The summed E-state index contributed by atoms with van der Waals surface area (Å²) in [6, 6.07) is 14.9. The van der Waals surface area contributed by atoms with Crippen LogP contribution in [0.4, 0.5) is 0 Å². The van der Waals surface area contributed by atoms with Crippen molar-refractivity contribution < 1.29 is 19.1 Å². The molecule has 0 radical (unpaired) electrons. The summed E-state index contributed by atoms with van der Waals surface area (Å²) in [6.45, 7) is 16.1. The van der Waals surface area contributed by atoms with Crippen LogP contribution in [0, 0.1) is 11.8 Å². The predicted molar refractivity (Wildman–Crippen MR) is 153 cm³/mol. The summed E-state index contributed by atoms with van der Waals surface area (Å²) in [5.41, 5.74) is 4.58. The Morgan fingerprint density at radius 3 is 2.05 bits per heavy atom. The van der Waals surface area contributed by atoms with Gasteiger partial charge in [0.2, 0.25) is 5.88 Å². The van der Waals surface area contributed by atoms with E-state index in [1.54, 1.807) is 6.07 Å². The van der Waals surface area contributed by atoms with Crippen LogP contribution in [0.15, 0.2) is 76.0 Å². The lowest BCUT2D eigenvalue weighted by Crippen LogP contribution is -2.22. The molecule has 0 N–H and O–H groups in total. The van der Waals surface area contributed by atoms with Crippen LogP contribution < -0.4 is 4.74 Å². The smallest absolute Gasteiger partial charge is 0.360 e.